The van der Waals surface area contributed by atoms with Gasteiger partial charge in [0.15, 0.2) is 11.5 Å². The summed E-state index contributed by atoms with van der Waals surface area (Å²) in [6, 6.07) is 2.40. The van der Waals surface area contributed by atoms with Crippen LogP contribution in [0.2, 0.25) is 0 Å². The van der Waals surface area contributed by atoms with Crippen molar-refractivity contribution >= 4 is 0 Å². The van der Waals surface area contributed by atoms with Gasteiger partial charge in [0.25, 0.3) is 0 Å². The Morgan fingerprint density at radius 3 is 1.94 bits per heavy atom. The number of benzene rings is 1. The monoisotopic (exact) mass is 297 g/mol. The van der Waals surface area contributed by atoms with Crippen LogP contribution in [0.1, 0.15) is 5.56 Å². The fourth-order valence-corrected chi connectivity index (χ4v) is 0.965. The number of phenols is 3. The molecule has 0 bridgehead atoms. The van der Waals surface area contributed by atoms with E-state index in [1.807, 2.05) is 0 Å². The molecule has 6 N–H and O–H groups in total. The van der Waals surface area contributed by atoms with Crippen LogP contribution in [-0.2, 0) is 6.42 Å². The number of hydrogen-bond donors (Lipinski definition) is 5. The highest BCUT2D eigenvalue weighted by Gasteiger charge is 2.06. The molecule has 1 aromatic rings. The largest absolute Gasteiger partial charge is 0.508 e. The van der Waals surface area contributed by atoms with E-state index in [1.165, 1.54) is 6.07 Å². The lowest BCUT2D eigenvalue weighted by atomic mass is 10.1. The summed E-state index contributed by atoms with van der Waals surface area (Å²) in [4.78, 5) is 0. The summed E-state index contributed by atoms with van der Waals surface area (Å²) in [5, 5.41) is 27.2. The molecule has 92 valence electrons. The molecule has 1 rings (SSSR count). The molecule has 0 amide bonds. The van der Waals surface area contributed by atoms with Gasteiger partial charge in [-0.25, -0.2) is 0 Å². The number of hydrogen-bond acceptors (Lipinski definition) is 7. The van der Waals surface area contributed by atoms with E-state index in [4.69, 9.17) is 28.5 Å². The zero-order valence-electron chi connectivity index (χ0n) is 8.13. The second kappa shape index (κ2) is 7.25. The van der Waals surface area contributed by atoms with Gasteiger partial charge in [0.2, 0.25) is 0 Å². The van der Waals surface area contributed by atoms with Crippen LogP contribution >= 0.6 is 0 Å². The smallest absolute Gasteiger partial charge is 0.433 e. The summed E-state index contributed by atoms with van der Waals surface area (Å²) in [5.74, 6) is -0.611. The molecule has 7 nitrogen and oxygen atoms in total. The molecule has 0 aliphatic rings. The Balaban J connectivity index is 0.000000487. The van der Waals surface area contributed by atoms with Crippen molar-refractivity contribution in [2.24, 2.45) is 5.73 Å². The summed E-state index contributed by atoms with van der Waals surface area (Å²) in [5.41, 5.74) is 5.80. The van der Waals surface area contributed by atoms with Gasteiger partial charge in [-0.15, -0.1) is 0 Å². The van der Waals surface area contributed by atoms with Gasteiger partial charge in [0.05, 0.1) is 0 Å². The van der Waals surface area contributed by atoms with Crippen LogP contribution in [0.3, 0.4) is 0 Å². The lowest BCUT2D eigenvalue weighted by Crippen LogP contribution is -2.30. The third-order valence-corrected chi connectivity index (χ3v) is 1.59. The van der Waals surface area contributed by atoms with E-state index in [1.54, 1.807) is 0 Å². The lowest BCUT2D eigenvalue weighted by Gasteiger charge is -2.04. The van der Waals surface area contributed by atoms with Gasteiger partial charge in [-0.3, -0.25) is 0 Å². The summed E-state index contributed by atoms with van der Waals surface area (Å²) in [6.45, 7) is 0.387. The van der Waals surface area contributed by atoms with Crippen LogP contribution in [0.5, 0.6) is 17.2 Å². The van der Waals surface area contributed by atoms with Crippen LogP contribution < -0.4 is 14.1 Å². The molecule has 0 aromatic heterocycles. The molecular weight excluding hydrogens is 286 g/mol. The molecule has 0 aliphatic heterocycles. The van der Waals surface area contributed by atoms with E-state index in [0.29, 0.717) is 18.5 Å². The average Bonchev–Trinajstić information content (AvgIpc) is 2.13. The average molecular weight is 298 g/mol. The number of nitrogens with two attached hydrogens (primary N) is 1. The van der Waals surface area contributed by atoms with Gasteiger partial charge in [-0.2, -0.15) is 0 Å². The maximum absolute atomic E-state index is 9.22. The van der Waals surface area contributed by atoms with Crippen LogP contribution in [0.15, 0.2) is 12.1 Å². The highest BCUT2D eigenvalue weighted by Crippen LogP contribution is 2.31. The first-order chi connectivity index (χ1) is 7.38. The van der Waals surface area contributed by atoms with Crippen molar-refractivity contribution in [1.82, 2.24) is 0 Å². The third-order valence-electron chi connectivity index (χ3n) is 1.59. The van der Waals surface area contributed by atoms with Gasteiger partial charge in [0, 0.05) is 6.07 Å². The minimum atomic E-state index is -3.40. The Hall–Kier alpha value is -1.06. The Morgan fingerprint density at radius 2 is 1.50 bits per heavy atom. The van der Waals surface area contributed by atoms with E-state index >= 15 is 0 Å². The molecule has 0 saturated heterocycles. The molecule has 0 atom stereocenters. The first-order valence-electron chi connectivity index (χ1n) is 4.06. The van der Waals surface area contributed by atoms with Gasteiger partial charge in [-0.05, 0) is 28.8 Å². The number of aromatic hydroxyl groups is 3. The Morgan fingerprint density at radius 1 is 1.06 bits per heavy atom. The molecule has 0 fully saturated rings. The summed E-state index contributed by atoms with van der Waals surface area (Å²) in [6.07, 6.45) is 0.472. The molecule has 0 aliphatic carbocycles. The first kappa shape index (κ1) is 14.9. The molecule has 8 heteroatoms. The quantitative estimate of drug-likeness (QED) is 0.295. The molecule has 1 aromatic carbocycles. The van der Waals surface area contributed by atoms with Crippen LogP contribution in [0.25, 0.3) is 0 Å². The van der Waals surface area contributed by atoms with E-state index in [0.717, 1.165) is 6.07 Å². The van der Waals surface area contributed by atoms with Crippen molar-refractivity contribution < 1.29 is 42.7 Å². The van der Waals surface area contributed by atoms with E-state index in [-0.39, 0.29) is 17.2 Å². The highest BCUT2D eigenvalue weighted by atomic mass is 80.0. The number of rotatable bonds is 2. The van der Waals surface area contributed by atoms with Crippen molar-refractivity contribution in [3.8, 4) is 17.2 Å². The van der Waals surface area contributed by atoms with Crippen molar-refractivity contribution in [3.05, 3.63) is 17.7 Å². The molecule has 0 saturated carbocycles. The van der Waals surface area contributed by atoms with Crippen molar-refractivity contribution in [2.45, 2.75) is 6.42 Å². The molecular formula is C8H12BrNO6. The van der Waals surface area contributed by atoms with Crippen molar-refractivity contribution in [1.29, 1.82) is 0 Å². The minimum absolute atomic E-state index is 0.0456. The van der Waals surface area contributed by atoms with E-state index < -0.39 is 14.8 Å². The van der Waals surface area contributed by atoms with Crippen LogP contribution in [-0.4, -0.2) is 26.1 Å². The zero-order valence-corrected chi connectivity index (χ0v) is 9.72. The predicted octanol–water partition coefficient (Wildman–Crippen LogP) is -2.63. The fraction of sp³-hybridized carbons (Fsp3) is 0.250. The van der Waals surface area contributed by atoms with E-state index in [2.05, 4.69) is 0 Å². The number of phenolic OH excluding ortho intramolecular Hbond substituents is 3. The number of halogens is 1. The highest BCUT2D eigenvalue weighted by molar-refractivity contribution is 5.48. The molecule has 0 spiro atoms. The maximum Gasteiger partial charge on any atom is 0.433 e. The summed E-state index contributed by atoms with van der Waals surface area (Å²) < 4.78 is 24.3. The second-order valence-electron chi connectivity index (χ2n) is 2.71. The summed E-state index contributed by atoms with van der Waals surface area (Å²) in [7, 11) is 0. The minimum Gasteiger partial charge on any atom is -0.508 e. The summed E-state index contributed by atoms with van der Waals surface area (Å²) >= 11 is -3.40. The van der Waals surface area contributed by atoms with Crippen molar-refractivity contribution in [2.75, 3.05) is 6.54 Å². The van der Waals surface area contributed by atoms with Gasteiger partial charge in [0.1, 0.15) is 5.75 Å². The maximum atomic E-state index is 9.22. The third kappa shape index (κ3) is 5.73. The normalized spacial score (nSPS) is 9.81. The van der Waals surface area contributed by atoms with Gasteiger partial charge < -0.3 is 29.4 Å². The topological polar surface area (TPSA) is 153 Å². The lowest BCUT2D eigenvalue weighted by molar-refractivity contribution is -1.63. The van der Waals surface area contributed by atoms with Gasteiger partial charge >= 0.3 is 14.8 Å². The SMILES string of the molecule is NCCc1cc(O)c(O)cc1O.[O-][Br+2]([O-])O. The van der Waals surface area contributed by atoms with Crippen LogP contribution in [0.4, 0.5) is 0 Å². The van der Waals surface area contributed by atoms with E-state index in [9.17, 15) is 5.11 Å². The Kier molecular flexibility index (Phi) is 6.77. The van der Waals surface area contributed by atoms with Crippen LogP contribution in [0, 0.1) is 14.8 Å². The fourth-order valence-electron chi connectivity index (χ4n) is 0.965. The molecule has 0 heterocycles. The molecule has 0 unspecified atom stereocenters. The van der Waals surface area contributed by atoms with Gasteiger partial charge in [-0.1, -0.05) is 0 Å². The first-order valence-corrected chi connectivity index (χ1v) is 6.07. The Bertz CT molecular complexity index is 330. The predicted molar refractivity (Wildman–Crippen MR) is 46.4 cm³/mol. The molecule has 0 radical (unpaired) electrons. The second-order valence-corrected chi connectivity index (χ2v) is 3.55. The zero-order chi connectivity index (χ0) is 12.7. The standard InChI is InChI=1S/C8H11NO3.BrHO3/c9-2-1-5-3-7(11)8(12)4-6(5)10;2-1(3)4/h3-4,10-12H,1-2,9H2;2H. The Labute approximate surface area is 96.8 Å². The van der Waals surface area contributed by atoms with Crippen molar-refractivity contribution in [3.63, 3.8) is 0 Å². The molecule has 16 heavy (non-hydrogen) atoms.